The minimum Gasteiger partial charge on any atom is -0.392 e. The number of anilines is 1. The van der Waals surface area contributed by atoms with E-state index in [1.165, 1.54) is 28.8 Å². The van der Waals surface area contributed by atoms with Crippen LogP contribution in [-0.2, 0) is 13.0 Å². The molecule has 0 bridgehead atoms. The lowest BCUT2D eigenvalue weighted by Crippen LogP contribution is -2.33. The Morgan fingerprint density at radius 2 is 2.05 bits per heavy atom. The summed E-state index contributed by atoms with van der Waals surface area (Å²) in [5, 5.41) is 12.9. The van der Waals surface area contributed by atoms with E-state index in [0.717, 1.165) is 31.6 Å². The molecule has 1 unspecified atom stereocenters. The van der Waals surface area contributed by atoms with Crippen molar-refractivity contribution in [3.8, 4) is 11.1 Å². The smallest absolute Gasteiger partial charge is 0.0682 e. The Morgan fingerprint density at radius 3 is 2.95 bits per heavy atom. The molecule has 2 aliphatic heterocycles. The van der Waals surface area contributed by atoms with Crippen LogP contribution in [0.15, 0.2) is 42.5 Å². The van der Waals surface area contributed by atoms with Gasteiger partial charge < -0.3 is 15.3 Å². The van der Waals surface area contributed by atoms with Gasteiger partial charge in [0, 0.05) is 30.4 Å². The quantitative estimate of drug-likeness (QED) is 0.893. The van der Waals surface area contributed by atoms with Gasteiger partial charge in [0.2, 0.25) is 0 Å². The lowest BCUT2D eigenvalue weighted by atomic mass is 9.98. The highest BCUT2D eigenvalue weighted by Gasteiger charge is 2.31. The first-order chi connectivity index (χ1) is 10.9. The van der Waals surface area contributed by atoms with Crippen molar-refractivity contribution < 1.29 is 5.11 Å². The molecule has 0 aliphatic carbocycles. The first-order valence-electron chi connectivity index (χ1n) is 8.16. The van der Waals surface area contributed by atoms with Crippen LogP contribution in [0.2, 0.25) is 0 Å². The number of nitrogens with zero attached hydrogens (tertiary/aromatic N) is 1. The highest BCUT2D eigenvalue weighted by atomic mass is 16.3. The molecule has 2 aromatic carbocycles. The Bertz CT molecular complexity index is 683. The largest absolute Gasteiger partial charge is 0.392 e. The lowest BCUT2D eigenvalue weighted by molar-refractivity contribution is 0.282. The van der Waals surface area contributed by atoms with Crippen molar-refractivity contribution in [2.75, 3.05) is 24.5 Å². The lowest BCUT2D eigenvalue weighted by Gasteiger charge is -2.26. The zero-order valence-electron chi connectivity index (χ0n) is 12.8. The second-order valence-electron chi connectivity index (χ2n) is 6.26. The summed E-state index contributed by atoms with van der Waals surface area (Å²) in [5.41, 5.74) is 6.37. The van der Waals surface area contributed by atoms with Crippen LogP contribution in [0.1, 0.15) is 17.5 Å². The fraction of sp³-hybridized carbons (Fsp3) is 0.368. The number of benzene rings is 2. The number of aliphatic hydroxyl groups excluding tert-OH is 1. The molecule has 2 aromatic rings. The molecule has 0 spiro atoms. The van der Waals surface area contributed by atoms with Gasteiger partial charge in [-0.05, 0) is 42.1 Å². The van der Waals surface area contributed by atoms with E-state index in [1.807, 2.05) is 12.1 Å². The summed E-state index contributed by atoms with van der Waals surface area (Å²) in [7, 11) is 0. The number of hydrogen-bond donors (Lipinski definition) is 2. The summed E-state index contributed by atoms with van der Waals surface area (Å²) in [4.78, 5) is 2.59. The number of aliphatic hydroxyl groups is 1. The van der Waals surface area contributed by atoms with Gasteiger partial charge in [0.05, 0.1) is 6.61 Å². The number of hydrogen-bond acceptors (Lipinski definition) is 3. The monoisotopic (exact) mass is 294 g/mol. The Labute approximate surface area is 131 Å². The SMILES string of the molecule is OCc1cccc(-c2cccc3c2N2CCNCCC2C3)c1. The van der Waals surface area contributed by atoms with Crippen LogP contribution in [0, 0.1) is 0 Å². The third-order valence-corrected chi connectivity index (χ3v) is 4.91. The summed E-state index contributed by atoms with van der Waals surface area (Å²) in [5.74, 6) is 0. The summed E-state index contributed by atoms with van der Waals surface area (Å²) in [6.07, 6.45) is 2.37. The van der Waals surface area contributed by atoms with Gasteiger partial charge >= 0.3 is 0 Å². The van der Waals surface area contributed by atoms with Crippen molar-refractivity contribution in [1.29, 1.82) is 0 Å². The third-order valence-electron chi connectivity index (χ3n) is 4.91. The molecule has 0 aromatic heterocycles. The zero-order valence-corrected chi connectivity index (χ0v) is 12.8. The van der Waals surface area contributed by atoms with Crippen LogP contribution >= 0.6 is 0 Å². The molecular formula is C19H22N2O. The molecule has 0 amide bonds. The predicted octanol–water partition coefficient (Wildman–Crippen LogP) is 2.57. The van der Waals surface area contributed by atoms with Crippen LogP contribution in [0.25, 0.3) is 11.1 Å². The summed E-state index contributed by atoms with van der Waals surface area (Å²) >= 11 is 0. The standard InChI is InChI=1S/C19H22N2O/c22-13-14-3-1-4-15(11-14)18-6-2-5-16-12-17-7-8-20-9-10-21(17)19(16)18/h1-6,11,17,20,22H,7-10,12-13H2. The highest BCUT2D eigenvalue weighted by Crippen LogP contribution is 2.41. The molecule has 0 saturated carbocycles. The second-order valence-corrected chi connectivity index (χ2v) is 6.26. The molecule has 2 aliphatic rings. The first kappa shape index (κ1) is 13.8. The molecule has 1 fully saturated rings. The molecule has 22 heavy (non-hydrogen) atoms. The van der Waals surface area contributed by atoms with E-state index in [1.54, 1.807) is 0 Å². The maximum atomic E-state index is 9.41. The van der Waals surface area contributed by atoms with Crippen LogP contribution < -0.4 is 10.2 Å². The second kappa shape index (κ2) is 5.75. The fourth-order valence-corrected chi connectivity index (χ4v) is 3.86. The fourth-order valence-electron chi connectivity index (χ4n) is 3.86. The molecular weight excluding hydrogens is 272 g/mol. The molecule has 2 N–H and O–H groups in total. The summed E-state index contributed by atoms with van der Waals surface area (Å²) < 4.78 is 0. The Hall–Kier alpha value is -1.84. The molecule has 3 nitrogen and oxygen atoms in total. The molecule has 114 valence electrons. The van der Waals surface area contributed by atoms with E-state index in [0.29, 0.717) is 6.04 Å². The number of fused-ring (bicyclic) bond motifs is 3. The number of nitrogens with one attached hydrogen (secondary N) is 1. The number of rotatable bonds is 2. The highest BCUT2D eigenvalue weighted by molar-refractivity contribution is 5.83. The van der Waals surface area contributed by atoms with E-state index >= 15 is 0 Å². The van der Waals surface area contributed by atoms with Crippen LogP contribution in [0.5, 0.6) is 0 Å². The van der Waals surface area contributed by atoms with Crippen LogP contribution in [-0.4, -0.2) is 30.8 Å². The van der Waals surface area contributed by atoms with E-state index in [9.17, 15) is 5.11 Å². The predicted molar refractivity (Wildman–Crippen MR) is 90.1 cm³/mol. The topological polar surface area (TPSA) is 35.5 Å². The average molecular weight is 294 g/mol. The van der Waals surface area contributed by atoms with Crippen LogP contribution in [0.4, 0.5) is 5.69 Å². The van der Waals surface area contributed by atoms with Crippen molar-refractivity contribution >= 4 is 5.69 Å². The van der Waals surface area contributed by atoms with E-state index in [-0.39, 0.29) is 6.61 Å². The maximum Gasteiger partial charge on any atom is 0.0682 e. The summed E-state index contributed by atoms with van der Waals surface area (Å²) in [6, 6.07) is 15.6. The molecule has 4 rings (SSSR count). The molecule has 3 heteroatoms. The third kappa shape index (κ3) is 2.31. The van der Waals surface area contributed by atoms with Gasteiger partial charge in [-0.2, -0.15) is 0 Å². The van der Waals surface area contributed by atoms with Crippen molar-refractivity contribution in [3.63, 3.8) is 0 Å². The minimum atomic E-state index is 0.0964. The van der Waals surface area contributed by atoms with E-state index in [2.05, 4.69) is 40.5 Å². The Balaban J connectivity index is 1.81. The van der Waals surface area contributed by atoms with Gasteiger partial charge in [0.25, 0.3) is 0 Å². The van der Waals surface area contributed by atoms with E-state index < -0.39 is 0 Å². The maximum absolute atomic E-state index is 9.41. The van der Waals surface area contributed by atoms with Crippen molar-refractivity contribution in [2.45, 2.75) is 25.5 Å². The molecule has 1 saturated heterocycles. The normalized spacial score (nSPS) is 20.4. The van der Waals surface area contributed by atoms with Gasteiger partial charge in [-0.1, -0.05) is 36.4 Å². The van der Waals surface area contributed by atoms with Crippen molar-refractivity contribution in [1.82, 2.24) is 5.32 Å². The number of para-hydroxylation sites is 1. The average Bonchev–Trinajstić information content (AvgIpc) is 2.76. The minimum absolute atomic E-state index is 0.0964. The van der Waals surface area contributed by atoms with Gasteiger partial charge in [-0.25, -0.2) is 0 Å². The molecule has 0 radical (unpaired) electrons. The van der Waals surface area contributed by atoms with Gasteiger partial charge in [-0.3, -0.25) is 0 Å². The Morgan fingerprint density at radius 1 is 1.14 bits per heavy atom. The zero-order chi connectivity index (χ0) is 14.9. The first-order valence-corrected chi connectivity index (χ1v) is 8.16. The van der Waals surface area contributed by atoms with Gasteiger partial charge in [0.1, 0.15) is 0 Å². The van der Waals surface area contributed by atoms with E-state index in [4.69, 9.17) is 0 Å². The summed E-state index contributed by atoms with van der Waals surface area (Å²) in [6.45, 7) is 3.35. The van der Waals surface area contributed by atoms with Crippen molar-refractivity contribution in [2.24, 2.45) is 0 Å². The van der Waals surface area contributed by atoms with Crippen LogP contribution in [0.3, 0.4) is 0 Å². The van der Waals surface area contributed by atoms with Crippen molar-refractivity contribution in [3.05, 3.63) is 53.6 Å². The molecule has 1 atom stereocenters. The van der Waals surface area contributed by atoms with Gasteiger partial charge in [-0.15, -0.1) is 0 Å². The van der Waals surface area contributed by atoms with Gasteiger partial charge in [0.15, 0.2) is 0 Å². The Kier molecular flexibility index (Phi) is 3.60. The molecule has 2 heterocycles.